The van der Waals surface area contributed by atoms with E-state index in [-0.39, 0.29) is 17.3 Å². The van der Waals surface area contributed by atoms with Gasteiger partial charge in [-0.25, -0.2) is 0 Å². The number of halogens is 6. The van der Waals surface area contributed by atoms with Crippen LogP contribution >= 0.6 is 0 Å². The van der Waals surface area contributed by atoms with E-state index in [9.17, 15) is 26.3 Å². The van der Waals surface area contributed by atoms with Crippen molar-refractivity contribution in [2.45, 2.75) is 12.4 Å². The first-order valence-corrected chi connectivity index (χ1v) is 6.17. The standard InChI is InChI=1S/C15H8F6N2/c16-14(17,18)10-5-11(15(19,20)21)7-12(6-10)23-13-4-2-1-3-9(13)8-22/h1-7,23H. The molecular weight excluding hydrogens is 322 g/mol. The van der Waals surface area contributed by atoms with Gasteiger partial charge in [0.2, 0.25) is 0 Å². The average Bonchev–Trinajstić information content (AvgIpc) is 2.45. The Balaban J connectivity index is 2.52. The molecule has 2 rings (SSSR count). The van der Waals surface area contributed by atoms with Gasteiger partial charge in [-0.1, -0.05) is 12.1 Å². The number of nitrogens with one attached hydrogen (secondary N) is 1. The van der Waals surface area contributed by atoms with Crippen molar-refractivity contribution >= 4 is 11.4 Å². The van der Waals surface area contributed by atoms with E-state index in [0.717, 1.165) is 0 Å². The molecule has 2 nitrogen and oxygen atoms in total. The Kier molecular flexibility index (Phi) is 4.23. The van der Waals surface area contributed by atoms with Crippen molar-refractivity contribution in [2.75, 3.05) is 5.32 Å². The second-order valence-electron chi connectivity index (χ2n) is 4.58. The molecule has 0 fully saturated rings. The van der Waals surface area contributed by atoms with Gasteiger partial charge >= 0.3 is 12.4 Å². The molecule has 0 spiro atoms. The van der Waals surface area contributed by atoms with Gasteiger partial charge in [-0.15, -0.1) is 0 Å². The zero-order valence-electron chi connectivity index (χ0n) is 11.3. The third kappa shape index (κ3) is 3.94. The molecule has 0 amide bonds. The van der Waals surface area contributed by atoms with Crippen LogP contribution in [0.15, 0.2) is 42.5 Å². The molecule has 120 valence electrons. The van der Waals surface area contributed by atoms with Crippen LogP contribution < -0.4 is 5.32 Å². The van der Waals surface area contributed by atoms with E-state index in [2.05, 4.69) is 5.32 Å². The molecule has 0 atom stereocenters. The first-order valence-electron chi connectivity index (χ1n) is 6.17. The highest BCUT2D eigenvalue weighted by atomic mass is 19.4. The fourth-order valence-corrected chi connectivity index (χ4v) is 1.87. The number of nitrogens with zero attached hydrogens (tertiary/aromatic N) is 1. The van der Waals surface area contributed by atoms with Crippen molar-refractivity contribution in [3.05, 3.63) is 59.2 Å². The number of rotatable bonds is 2. The Morgan fingerprint density at radius 3 is 1.83 bits per heavy atom. The van der Waals surface area contributed by atoms with E-state index < -0.39 is 29.2 Å². The van der Waals surface area contributed by atoms with Crippen LogP contribution in [0, 0.1) is 11.3 Å². The highest BCUT2D eigenvalue weighted by molar-refractivity contribution is 5.67. The average molecular weight is 330 g/mol. The Morgan fingerprint density at radius 1 is 0.826 bits per heavy atom. The van der Waals surface area contributed by atoms with Crippen LogP contribution in [-0.4, -0.2) is 0 Å². The summed E-state index contributed by atoms with van der Waals surface area (Å²) in [6.45, 7) is 0. The van der Waals surface area contributed by atoms with Gasteiger partial charge in [0.15, 0.2) is 0 Å². The van der Waals surface area contributed by atoms with Crippen LogP contribution in [0.5, 0.6) is 0 Å². The number of anilines is 2. The predicted octanol–water partition coefficient (Wildman–Crippen LogP) is 5.34. The van der Waals surface area contributed by atoms with Crippen LogP contribution in [0.2, 0.25) is 0 Å². The van der Waals surface area contributed by atoms with Crippen molar-refractivity contribution < 1.29 is 26.3 Å². The third-order valence-electron chi connectivity index (χ3n) is 2.91. The van der Waals surface area contributed by atoms with Crippen molar-refractivity contribution in [1.29, 1.82) is 5.26 Å². The van der Waals surface area contributed by atoms with E-state index in [0.29, 0.717) is 12.1 Å². The van der Waals surface area contributed by atoms with Gasteiger partial charge in [-0.2, -0.15) is 31.6 Å². The lowest BCUT2D eigenvalue weighted by Gasteiger charge is -2.15. The smallest absolute Gasteiger partial charge is 0.354 e. The summed E-state index contributed by atoms with van der Waals surface area (Å²) in [7, 11) is 0. The number of benzene rings is 2. The van der Waals surface area contributed by atoms with Crippen molar-refractivity contribution in [3.8, 4) is 6.07 Å². The first-order chi connectivity index (χ1) is 10.6. The second kappa shape index (κ2) is 5.83. The Morgan fingerprint density at radius 2 is 1.35 bits per heavy atom. The second-order valence-corrected chi connectivity index (χ2v) is 4.58. The van der Waals surface area contributed by atoms with Crippen molar-refractivity contribution in [1.82, 2.24) is 0 Å². The maximum atomic E-state index is 12.8. The van der Waals surface area contributed by atoms with Crippen LogP contribution in [0.4, 0.5) is 37.7 Å². The molecule has 2 aromatic rings. The topological polar surface area (TPSA) is 35.8 Å². The lowest BCUT2D eigenvalue weighted by Crippen LogP contribution is -2.11. The molecule has 0 saturated carbocycles. The van der Waals surface area contributed by atoms with Crippen molar-refractivity contribution in [3.63, 3.8) is 0 Å². The maximum Gasteiger partial charge on any atom is 0.416 e. The molecule has 0 saturated heterocycles. The molecule has 8 heteroatoms. The number of nitriles is 1. The molecule has 0 aliphatic rings. The number of hydrogen-bond donors (Lipinski definition) is 1. The molecule has 0 heterocycles. The summed E-state index contributed by atoms with van der Waals surface area (Å²) in [6, 6.07) is 8.76. The SMILES string of the molecule is N#Cc1ccccc1Nc1cc(C(F)(F)F)cc(C(F)(F)F)c1. The molecule has 0 aliphatic carbocycles. The Hall–Kier alpha value is -2.69. The monoisotopic (exact) mass is 330 g/mol. The van der Waals surface area contributed by atoms with E-state index in [1.54, 1.807) is 6.07 Å². The highest BCUT2D eigenvalue weighted by Gasteiger charge is 2.36. The lowest BCUT2D eigenvalue weighted by molar-refractivity contribution is -0.143. The van der Waals surface area contributed by atoms with Crippen LogP contribution in [0.1, 0.15) is 16.7 Å². The van der Waals surface area contributed by atoms with Gasteiger partial charge < -0.3 is 5.32 Å². The number of alkyl halides is 6. The Bertz CT molecular complexity index is 724. The van der Waals surface area contributed by atoms with Gasteiger partial charge in [0.1, 0.15) is 6.07 Å². The van der Waals surface area contributed by atoms with Gasteiger partial charge in [0.05, 0.1) is 22.4 Å². The Labute approximate surface area is 127 Å². The molecule has 2 aromatic carbocycles. The summed E-state index contributed by atoms with van der Waals surface area (Å²) in [4.78, 5) is 0. The van der Waals surface area contributed by atoms with Crippen LogP contribution in [0.3, 0.4) is 0 Å². The molecular formula is C15H8F6N2. The summed E-state index contributed by atoms with van der Waals surface area (Å²) in [5, 5.41) is 11.3. The minimum absolute atomic E-state index is 0.0430. The van der Waals surface area contributed by atoms with Gasteiger partial charge in [0, 0.05) is 5.69 Å². The zero-order valence-corrected chi connectivity index (χ0v) is 11.3. The summed E-state index contributed by atoms with van der Waals surface area (Å²) in [5.41, 5.74) is -3.05. The van der Waals surface area contributed by atoms with Crippen molar-refractivity contribution in [2.24, 2.45) is 0 Å². The van der Waals surface area contributed by atoms with Crippen LogP contribution in [-0.2, 0) is 12.4 Å². The lowest BCUT2D eigenvalue weighted by atomic mass is 10.1. The number of hydrogen-bond acceptors (Lipinski definition) is 2. The maximum absolute atomic E-state index is 12.8. The third-order valence-corrected chi connectivity index (χ3v) is 2.91. The predicted molar refractivity (Wildman–Crippen MR) is 70.9 cm³/mol. The normalized spacial score (nSPS) is 11.9. The molecule has 0 unspecified atom stereocenters. The highest BCUT2D eigenvalue weighted by Crippen LogP contribution is 2.38. The van der Waals surface area contributed by atoms with E-state index >= 15 is 0 Å². The minimum Gasteiger partial charge on any atom is -0.354 e. The molecule has 0 aliphatic heterocycles. The van der Waals surface area contributed by atoms with E-state index in [1.807, 2.05) is 0 Å². The summed E-state index contributed by atoms with van der Waals surface area (Å²) < 4.78 is 76.6. The number of para-hydroxylation sites is 1. The molecule has 1 N–H and O–H groups in total. The summed E-state index contributed by atoms with van der Waals surface area (Å²) in [5.74, 6) is 0. The quantitative estimate of drug-likeness (QED) is 0.755. The molecule has 23 heavy (non-hydrogen) atoms. The van der Waals surface area contributed by atoms with Gasteiger partial charge in [0.25, 0.3) is 0 Å². The fraction of sp³-hybridized carbons (Fsp3) is 0.133. The zero-order chi connectivity index (χ0) is 17.3. The molecule has 0 radical (unpaired) electrons. The summed E-state index contributed by atoms with van der Waals surface area (Å²) >= 11 is 0. The van der Waals surface area contributed by atoms with E-state index in [1.165, 1.54) is 24.3 Å². The van der Waals surface area contributed by atoms with Gasteiger partial charge in [-0.3, -0.25) is 0 Å². The van der Waals surface area contributed by atoms with Crippen LogP contribution in [0.25, 0.3) is 0 Å². The minimum atomic E-state index is -4.92. The van der Waals surface area contributed by atoms with E-state index in [4.69, 9.17) is 5.26 Å². The molecule has 0 bridgehead atoms. The fourth-order valence-electron chi connectivity index (χ4n) is 1.87. The first kappa shape index (κ1) is 16.7. The molecule has 0 aromatic heterocycles. The van der Waals surface area contributed by atoms with Gasteiger partial charge in [-0.05, 0) is 30.3 Å². The largest absolute Gasteiger partial charge is 0.416 e. The summed E-state index contributed by atoms with van der Waals surface area (Å²) in [6.07, 6.45) is -9.85.